The van der Waals surface area contributed by atoms with Crippen LogP contribution in [0.15, 0.2) is 4.99 Å². The summed E-state index contributed by atoms with van der Waals surface area (Å²) in [5.74, 6) is 1.94. The fourth-order valence-corrected chi connectivity index (χ4v) is 2.29. The number of aliphatic imine (C=N–C) groups is 1. The Morgan fingerprint density at radius 3 is 2.45 bits per heavy atom. The first-order valence-corrected chi connectivity index (χ1v) is 8.74. The predicted molar refractivity (Wildman–Crippen MR) is 94.3 cm³/mol. The highest BCUT2D eigenvalue weighted by Crippen LogP contribution is 2.15. The SMILES string of the molecule is CCNC(=NCC(CCO)CC(C)C)NCCCOC(C)C. The highest BCUT2D eigenvalue weighted by Gasteiger charge is 2.10. The molecule has 0 amide bonds. The van der Waals surface area contributed by atoms with Crippen molar-refractivity contribution in [2.75, 3.05) is 32.8 Å². The Kier molecular flexibility index (Phi) is 13.3. The summed E-state index contributed by atoms with van der Waals surface area (Å²) in [6, 6.07) is 0. The number of guanidine groups is 1. The van der Waals surface area contributed by atoms with Crippen LogP contribution in [0.2, 0.25) is 0 Å². The van der Waals surface area contributed by atoms with Crippen LogP contribution in [0.1, 0.15) is 53.9 Å². The van der Waals surface area contributed by atoms with Gasteiger partial charge in [-0.3, -0.25) is 4.99 Å². The second-order valence-electron chi connectivity index (χ2n) is 6.43. The molecule has 0 radical (unpaired) electrons. The molecule has 0 fully saturated rings. The number of ether oxygens (including phenoxy) is 1. The van der Waals surface area contributed by atoms with Gasteiger partial charge in [0.2, 0.25) is 0 Å². The van der Waals surface area contributed by atoms with Crippen LogP contribution < -0.4 is 10.6 Å². The molecule has 3 N–H and O–H groups in total. The standard InChI is InChI=1S/C17H37N3O2/c1-6-18-17(19-9-7-11-22-15(4)5)20-13-16(8-10-21)12-14(2)3/h14-16,21H,6-13H2,1-5H3,(H2,18,19,20). The minimum Gasteiger partial charge on any atom is -0.396 e. The Morgan fingerprint density at radius 2 is 1.91 bits per heavy atom. The number of hydrogen-bond donors (Lipinski definition) is 3. The van der Waals surface area contributed by atoms with Crippen LogP contribution in [-0.4, -0.2) is 50.0 Å². The number of nitrogens with one attached hydrogen (secondary N) is 2. The molecule has 5 heteroatoms. The summed E-state index contributed by atoms with van der Waals surface area (Å²) in [6.07, 6.45) is 3.18. The molecular formula is C17H37N3O2. The predicted octanol–water partition coefficient (Wildman–Crippen LogP) is 2.40. The van der Waals surface area contributed by atoms with Crippen LogP contribution in [0, 0.1) is 11.8 Å². The highest BCUT2D eigenvalue weighted by atomic mass is 16.5. The van der Waals surface area contributed by atoms with E-state index in [4.69, 9.17) is 9.84 Å². The zero-order chi connectivity index (χ0) is 16.8. The van der Waals surface area contributed by atoms with Gasteiger partial charge in [0.1, 0.15) is 0 Å². The third kappa shape index (κ3) is 12.9. The number of aliphatic hydroxyl groups excluding tert-OH is 1. The summed E-state index contributed by atoms with van der Waals surface area (Å²) < 4.78 is 5.53. The van der Waals surface area contributed by atoms with Crippen molar-refractivity contribution in [1.29, 1.82) is 0 Å². The van der Waals surface area contributed by atoms with Crippen LogP contribution in [-0.2, 0) is 4.74 Å². The molecule has 1 unspecified atom stereocenters. The molecule has 0 aromatic carbocycles. The maximum absolute atomic E-state index is 9.17. The maximum atomic E-state index is 9.17. The third-order valence-electron chi connectivity index (χ3n) is 3.26. The minimum atomic E-state index is 0.239. The van der Waals surface area contributed by atoms with Gasteiger partial charge in [0.25, 0.3) is 0 Å². The lowest BCUT2D eigenvalue weighted by Crippen LogP contribution is -2.38. The maximum Gasteiger partial charge on any atom is 0.191 e. The van der Waals surface area contributed by atoms with Crippen molar-refractivity contribution in [2.24, 2.45) is 16.8 Å². The van der Waals surface area contributed by atoms with Gasteiger partial charge in [0.15, 0.2) is 5.96 Å². The molecule has 0 aromatic heterocycles. The zero-order valence-corrected chi connectivity index (χ0v) is 15.2. The topological polar surface area (TPSA) is 65.9 Å². The fraction of sp³-hybridized carbons (Fsp3) is 0.941. The summed E-state index contributed by atoms with van der Waals surface area (Å²) in [4.78, 5) is 4.66. The number of rotatable bonds is 12. The van der Waals surface area contributed by atoms with Gasteiger partial charge in [0.05, 0.1) is 6.10 Å². The molecule has 0 saturated heterocycles. The van der Waals surface area contributed by atoms with Gasteiger partial charge >= 0.3 is 0 Å². The van der Waals surface area contributed by atoms with Crippen molar-refractivity contribution < 1.29 is 9.84 Å². The molecule has 0 aliphatic rings. The van der Waals surface area contributed by atoms with E-state index < -0.39 is 0 Å². The summed E-state index contributed by atoms with van der Waals surface area (Å²) in [6.45, 7) is 14.1. The van der Waals surface area contributed by atoms with Gasteiger partial charge in [-0.1, -0.05) is 13.8 Å². The minimum absolute atomic E-state index is 0.239. The van der Waals surface area contributed by atoms with Crippen molar-refractivity contribution in [2.45, 2.75) is 60.0 Å². The molecule has 0 aromatic rings. The van der Waals surface area contributed by atoms with E-state index in [0.29, 0.717) is 11.8 Å². The van der Waals surface area contributed by atoms with Crippen LogP contribution in [0.4, 0.5) is 0 Å². The Bertz CT molecular complexity index is 281. The van der Waals surface area contributed by atoms with Gasteiger partial charge in [-0.25, -0.2) is 0 Å². The van der Waals surface area contributed by atoms with Gasteiger partial charge in [-0.2, -0.15) is 0 Å². The first-order chi connectivity index (χ1) is 10.5. The van der Waals surface area contributed by atoms with Gasteiger partial charge in [0, 0.05) is 32.8 Å². The molecule has 0 bridgehead atoms. The van der Waals surface area contributed by atoms with Crippen LogP contribution in [0.3, 0.4) is 0 Å². The Labute approximate surface area is 136 Å². The molecule has 0 saturated carbocycles. The normalized spacial score (nSPS) is 13.7. The Balaban J connectivity index is 4.20. The number of hydrogen-bond acceptors (Lipinski definition) is 3. The third-order valence-corrected chi connectivity index (χ3v) is 3.26. The van der Waals surface area contributed by atoms with E-state index in [9.17, 15) is 0 Å². The quantitative estimate of drug-likeness (QED) is 0.294. The van der Waals surface area contributed by atoms with E-state index in [1.807, 2.05) is 0 Å². The molecule has 132 valence electrons. The lowest BCUT2D eigenvalue weighted by molar-refractivity contribution is 0.0776. The lowest BCUT2D eigenvalue weighted by Gasteiger charge is -2.17. The van der Waals surface area contributed by atoms with Crippen molar-refractivity contribution in [3.05, 3.63) is 0 Å². The van der Waals surface area contributed by atoms with E-state index in [-0.39, 0.29) is 12.7 Å². The van der Waals surface area contributed by atoms with Crippen molar-refractivity contribution in [3.63, 3.8) is 0 Å². The van der Waals surface area contributed by atoms with E-state index in [1.54, 1.807) is 0 Å². The van der Waals surface area contributed by atoms with Gasteiger partial charge in [-0.15, -0.1) is 0 Å². The first-order valence-electron chi connectivity index (χ1n) is 8.74. The lowest BCUT2D eigenvalue weighted by atomic mass is 9.94. The average Bonchev–Trinajstić information content (AvgIpc) is 2.43. The molecule has 0 aliphatic heterocycles. The molecule has 5 nitrogen and oxygen atoms in total. The first kappa shape index (κ1) is 21.2. The van der Waals surface area contributed by atoms with Crippen molar-refractivity contribution >= 4 is 5.96 Å². The highest BCUT2D eigenvalue weighted by molar-refractivity contribution is 5.79. The second-order valence-corrected chi connectivity index (χ2v) is 6.43. The molecule has 0 rings (SSSR count). The zero-order valence-electron chi connectivity index (χ0n) is 15.2. The fourth-order valence-electron chi connectivity index (χ4n) is 2.29. The molecular weight excluding hydrogens is 278 g/mol. The Hall–Kier alpha value is -0.810. The van der Waals surface area contributed by atoms with Crippen LogP contribution >= 0.6 is 0 Å². The smallest absolute Gasteiger partial charge is 0.191 e. The average molecular weight is 316 g/mol. The summed E-state index contributed by atoms with van der Waals surface area (Å²) in [5.41, 5.74) is 0. The summed E-state index contributed by atoms with van der Waals surface area (Å²) in [7, 11) is 0. The molecule has 0 heterocycles. The van der Waals surface area contributed by atoms with E-state index in [1.165, 1.54) is 0 Å². The van der Waals surface area contributed by atoms with E-state index >= 15 is 0 Å². The van der Waals surface area contributed by atoms with Gasteiger partial charge < -0.3 is 20.5 Å². The largest absolute Gasteiger partial charge is 0.396 e. The van der Waals surface area contributed by atoms with Gasteiger partial charge in [-0.05, 0) is 51.9 Å². The van der Waals surface area contributed by atoms with Crippen molar-refractivity contribution in [1.82, 2.24) is 10.6 Å². The summed E-state index contributed by atoms with van der Waals surface area (Å²) in [5, 5.41) is 15.8. The van der Waals surface area contributed by atoms with E-state index in [2.05, 4.69) is 50.2 Å². The number of aliphatic hydroxyl groups is 1. The molecule has 0 spiro atoms. The van der Waals surface area contributed by atoms with E-state index in [0.717, 1.165) is 51.5 Å². The molecule has 22 heavy (non-hydrogen) atoms. The second kappa shape index (κ2) is 13.8. The van der Waals surface area contributed by atoms with Crippen LogP contribution in [0.5, 0.6) is 0 Å². The summed E-state index contributed by atoms with van der Waals surface area (Å²) >= 11 is 0. The molecule has 1 atom stereocenters. The number of nitrogens with zero attached hydrogens (tertiary/aromatic N) is 1. The monoisotopic (exact) mass is 315 g/mol. The van der Waals surface area contributed by atoms with Crippen molar-refractivity contribution in [3.8, 4) is 0 Å². The molecule has 0 aliphatic carbocycles. The Morgan fingerprint density at radius 1 is 1.18 bits per heavy atom. The van der Waals surface area contributed by atoms with Crippen LogP contribution in [0.25, 0.3) is 0 Å².